The lowest BCUT2D eigenvalue weighted by Crippen LogP contribution is -2.99. The lowest BCUT2D eigenvalue weighted by atomic mass is 9.96. The molecule has 0 fully saturated rings. The normalized spacial score (nSPS) is 12.2. The van der Waals surface area contributed by atoms with Crippen LogP contribution in [0.1, 0.15) is 5.56 Å². The van der Waals surface area contributed by atoms with E-state index in [0.717, 1.165) is 0 Å². The molecule has 0 bridgehead atoms. The Hall–Kier alpha value is -3.20. The summed E-state index contributed by atoms with van der Waals surface area (Å²) in [5.41, 5.74) is -0.00690. The van der Waals surface area contributed by atoms with E-state index in [0.29, 0.717) is 10.9 Å². The highest BCUT2D eigenvalue weighted by atomic mass is 16.8. The summed E-state index contributed by atoms with van der Waals surface area (Å²) in [5, 5.41) is 37.9. The van der Waals surface area contributed by atoms with Crippen LogP contribution in [0.3, 0.4) is 0 Å². The minimum atomic E-state index is -1.14. The first-order chi connectivity index (χ1) is 11.9. The van der Waals surface area contributed by atoms with Gasteiger partial charge in [-0.25, -0.2) is 10.0 Å². The van der Waals surface area contributed by atoms with Gasteiger partial charge in [-0.05, 0) is 35.4 Å². The monoisotopic (exact) mass is 343 g/mol. The highest BCUT2D eigenvalue weighted by Gasteiger charge is 2.19. The number of quaternary nitrogens is 1. The standard InChI is InChI=1S/C17H13NO7/c19-11-5-6-12-13(8-15(20)21)16(17(22)25-14(12)7-11)9-1-3-10(4-2-9)18(23)24/h1-7,18-19,23H,8H2,(H,20,21). The van der Waals surface area contributed by atoms with Crippen molar-refractivity contribution in [3.63, 3.8) is 0 Å². The van der Waals surface area contributed by atoms with Gasteiger partial charge in [0.2, 0.25) is 0 Å². The molecule has 1 atom stereocenters. The smallest absolute Gasteiger partial charge is 0.344 e. The Morgan fingerprint density at radius 1 is 1.16 bits per heavy atom. The summed E-state index contributed by atoms with van der Waals surface area (Å²) < 4.78 is 5.20. The molecule has 128 valence electrons. The van der Waals surface area contributed by atoms with E-state index in [4.69, 9.17) is 9.62 Å². The van der Waals surface area contributed by atoms with Crippen molar-refractivity contribution in [2.24, 2.45) is 0 Å². The molecule has 0 aliphatic carbocycles. The van der Waals surface area contributed by atoms with Crippen molar-refractivity contribution in [3.8, 4) is 16.9 Å². The summed E-state index contributed by atoms with van der Waals surface area (Å²) in [7, 11) is 0. The number of benzene rings is 2. The molecule has 8 nitrogen and oxygen atoms in total. The predicted molar refractivity (Wildman–Crippen MR) is 86.7 cm³/mol. The van der Waals surface area contributed by atoms with Crippen LogP contribution in [-0.4, -0.2) is 21.4 Å². The SMILES string of the molecule is O=C(O)Cc1c(-c2ccc([NH+]([O-])O)cc2)c(=O)oc2cc(O)ccc12. The molecule has 1 heterocycles. The van der Waals surface area contributed by atoms with Crippen LogP contribution in [0.5, 0.6) is 5.75 Å². The number of phenols is 1. The molecule has 25 heavy (non-hydrogen) atoms. The number of rotatable bonds is 4. The number of hydrogen-bond donors (Lipinski definition) is 4. The van der Waals surface area contributed by atoms with Crippen LogP contribution in [0, 0.1) is 5.21 Å². The fourth-order valence-electron chi connectivity index (χ4n) is 2.66. The van der Waals surface area contributed by atoms with Crippen LogP contribution in [0.4, 0.5) is 5.69 Å². The largest absolute Gasteiger partial charge is 0.595 e. The van der Waals surface area contributed by atoms with Crippen molar-refractivity contribution in [2.75, 3.05) is 0 Å². The number of aliphatic carboxylic acids is 1. The van der Waals surface area contributed by atoms with Gasteiger partial charge in [-0.1, -0.05) is 0 Å². The Morgan fingerprint density at radius 2 is 1.84 bits per heavy atom. The second kappa shape index (κ2) is 6.36. The Kier molecular flexibility index (Phi) is 4.24. The molecule has 4 N–H and O–H groups in total. The molecule has 2 aromatic carbocycles. The Labute approximate surface area is 140 Å². The minimum Gasteiger partial charge on any atom is -0.595 e. The molecule has 0 aliphatic heterocycles. The van der Waals surface area contributed by atoms with Gasteiger partial charge < -0.3 is 19.8 Å². The number of aromatic hydroxyl groups is 1. The van der Waals surface area contributed by atoms with Gasteiger partial charge >= 0.3 is 11.6 Å². The maximum Gasteiger partial charge on any atom is 0.344 e. The quantitative estimate of drug-likeness (QED) is 0.413. The van der Waals surface area contributed by atoms with Gasteiger partial charge in [0, 0.05) is 23.6 Å². The third-order valence-corrected chi connectivity index (χ3v) is 3.75. The molecule has 0 saturated carbocycles. The highest BCUT2D eigenvalue weighted by molar-refractivity contribution is 5.91. The van der Waals surface area contributed by atoms with Crippen LogP contribution in [0.15, 0.2) is 51.7 Å². The van der Waals surface area contributed by atoms with E-state index in [1.807, 2.05) is 0 Å². The highest BCUT2D eigenvalue weighted by Crippen LogP contribution is 2.30. The lowest BCUT2D eigenvalue weighted by molar-refractivity contribution is -0.991. The number of nitrogens with one attached hydrogen (secondary N) is 1. The zero-order chi connectivity index (χ0) is 18.1. The van der Waals surface area contributed by atoms with E-state index in [9.17, 15) is 25.0 Å². The van der Waals surface area contributed by atoms with Crippen molar-refractivity contribution in [3.05, 3.63) is 63.7 Å². The molecule has 0 saturated heterocycles. The molecule has 3 rings (SSSR count). The Balaban J connectivity index is 2.29. The van der Waals surface area contributed by atoms with E-state index in [2.05, 4.69) is 0 Å². The van der Waals surface area contributed by atoms with Gasteiger partial charge in [-0.3, -0.25) is 4.79 Å². The van der Waals surface area contributed by atoms with Crippen LogP contribution < -0.4 is 10.9 Å². The number of phenolic OH excluding ortho intramolecular Hbond substituents is 1. The van der Waals surface area contributed by atoms with E-state index in [1.54, 1.807) is 0 Å². The van der Waals surface area contributed by atoms with E-state index < -0.39 is 23.2 Å². The van der Waals surface area contributed by atoms with Crippen LogP contribution in [0.2, 0.25) is 0 Å². The molecular weight excluding hydrogens is 330 g/mol. The first kappa shape index (κ1) is 16.7. The van der Waals surface area contributed by atoms with Gasteiger partial charge in [0.25, 0.3) is 0 Å². The summed E-state index contributed by atoms with van der Waals surface area (Å²) >= 11 is 0. The molecule has 1 aromatic heterocycles. The van der Waals surface area contributed by atoms with Crippen LogP contribution in [0.25, 0.3) is 22.1 Å². The Bertz CT molecular complexity index is 1010. The molecule has 1 unspecified atom stereocenters. The van der Waals surface area contributed by atoms with Crippen molar-refractivity contribution in [1.82, 2.24) is 0 Å². The molecular formula is C17H13NO7. The molecule has 0 amide bonds. The summed E-state index contributed by atoms with van der Waals surface area (Å²) in [6.45, 7) is 0. The van der Waals surface area contributed by atoms with Gasteiger partial charge in [-0.15, -0.1) is 0 Å². The fourth-order valence-corrected chi connectivity index (χ4v) is 2.66. The maximum atomic E-state index is 12.4. The van der Waals surface area contributed by atoms with Crippen molar-refractivity contribution in [1.29, 1.82) is 0 Å². The van der Waals surface area contributed by atoms with Crippen molar-refractivity contribution < 1.29 is 29.9 Å². The first-order valence-electron chi connectivity index (χ1n) is 7.21. The summed E-state index contributed by atoms with van der Waals surface area (Å²) in [5.74, 6) is -1.25. The maximum absolute atomic E-state index is 12.4. The average Bonchev–Trinajstić information content (AvgIpc) is 2.54. The van der Waals surface area contributed by atoms with E-state index in [1.165, 1.54) is 42.5 Å². The van der Waals surface area contributed by atoms with Crippen LogP contribution >= 0.6 is 0 Å². The van der Waals surface area contributed by atoms with Gasteiger partial charge in [-0.2, -0.15) is 5.23 Å². The third-order valence-electron chi connectivity index (χ3n) is 3.75. The first-order valence-corrected chi connectivity index (χ1v) is 7.21. The van der Waals surface area contributed by atoms with Crippen molar-refractivity contribution in [2.45, 2.75) is 6.42 Å². The van der Waals surface area contributed by atoms with E-state index >= 15 is 0 Å². The third kappa shape index (κ3) is 3.22. The van der Waals surface area contributed by atoms with E-state index in [-0.39, 0.29) is 28.1 Å². The predicted octanol–water partition coefficient (Wildman–Crippen LogP) is 1.20. The minimum absolute atomic E-state index is 0.0404. The molecule has 0 aliphatic rings. The number of hydrogen-bond acceptors (Lipinski definition) is 6. The number of carboxylic acid groups (broad SMARTS) is 1. The molecule has 8 heteroatoms. The second-order valence-corrected chi connectivity index (χ2v) is 5.38. The van der Waals surface area contributed by atoms with Gasteiger partial charge in [0.15, 0.2) is 5.69 Å². The molecule has 3 aromatic rings. The Morgan fingerprint density at radius 3 is 2.44 bits per heavy atom. The number of fused-ring (bicyclic) bond motifs is 1. The average molecular weight is 343 g/mol. The zero-order valence-corrected chi connectivity index (χ0v) is 12.7. The number of carboxylic acids is 1. The topological polar surface area (TPSA) is 135 Å². The van der Waals surface area contributed by atoms with Gasteiger partial charge in [0.05, 0.1) is 12.0 Å². The number of carbonyl (C=O) groups is 1. The fraction of sp³-hybridized carbons (Fsp3) is 0.0588. The van der Waals surface area contributed by atoms with Crippen LogP contribution in [-0.2, 0) is 11.2 Å². The van der Waals surface area contributed by atoms with Crippen molar-refractivity contribution >= 4 is 22.6 Å². The molecule has 0 spiro atoms. The summed E-state index contributed by atoms with van der Waals surface area (Å²) in [6.07, 6.45) is -0.428. The van der Waals surface area contributed by atoms with Gasteiger partial charge in [0.1, 0.15) is 11.3 Å². The summed E-state index contributed by atoms with van der Waals surface area (Å²) in [6, 6.07) is 9.57. The summed E-state index contributed by atoms with van der Waals surface area (Å²) in [4.78, 5) is 23.7. The zero-order valence-electron chi connectivity index (χ0n) is 12.7. The molecule has 0 radical (unpaired) electrons. The second-order valence-electron chi connectivity index (χ2n) is 5.38. The lowest BCUT2D eigenvalue weighted by Gasteiger charge is -2.13.